The Morgan fingerprint density at radius 2 is 1.91 bits per heavy atom. The van der Waals surface area contributed by atoms with Crippen LogP contribution in [0.2, 0.25) is 0 Å². The Morgan fingerprint density at radius 3 is 2.62 bits per heavy atom. The predicted octanol–water partition coefficient (Wildman–Crippen LogP) is 4.36. The van der Waals surface area contributed by atoms with Gasteiger partial charge in [0.2, 0.25) is 0 Å². The minimum Gasteiger partial charge on any atom is -0.504 e. The normalized spacial score (nSPS) is 15.9. The molecule has 0 saturated heterocycles. The number of amides is 1. The molecular formula is C27H24N2O5. The zero-order chi connectivity index (χ0) is 24.1. The third-order valence-electron chi connectivity index (χ3n) is 5.47. The van der Waals surface area contributed by atoms with E-state index in [0.29, 0.717) is 12.2 Å². The van der Waals surface area contributed by atoms with Gasteiger partial charge in [-0.1, -0.05) is 48.5 Å². The Hall–Kier alpha value is -4.39. The molecule has 1 unspecified atom stereocenters. The van der Waals surface area contributed by atoms with Crippen LogP contribution >= 0.6 is 0 Å². The van der Waals surface area contributed by atoms with Crippen LogP contribution in [0.15, 0.2) is 90.5 Å². The lowest BCUT2D eigenvalue weighted by Crippen LogP contribution is -2.30. The molecule has 0 spiro atoms. The van der Waals surface area contributed by atoms with E-state index in [-0.39, 0.29) is 23.6 Å². The Kier molecular flexibility index (Phi) is 6.73. The first-order chi connectivity index (χ1) is 16.5. The summed E-state index contributed by atoms with van der Waals surface area (Å²) in [5.74, 6) is -1.57. The number of hydrogen-bond donors (Lipinski definition) is 2. The summed E-state index contributed by atoms with van der Waals surface area (Å²) >= 11 is 0. The number of phenols is 1. The van der Waals surface area contributed by atoms with Crippen molar-refractivity contribution < 1.29 is 24.5 Å². The number of hydrogen-bond acceptors (Lipinski definition) is 6. The predicted molar refractivity (Wildman–Crippen MR) is 127 cm³/mol. The lowest BCUT2D eigenvalue weighted by molar-refractivity contribution is -0.130. The number of carbonyl (C=O) groups excluding carboxylic acids is 2. The fourth-order valence-electron chi connectivity index (χ4n) is 3.90. The maximum Gasteiger partial charge on any atom is 0.290 e. The minimum absolute atomic E-state index is 0.0331. The largest absolute Gasteiger partial charge is 0.504 e. The highest BCUT2D eigenvalue weighted by atomic mass is 16.5. The average Bonchev–Trinajstić information content (AvgIpc) is 3.10. The zero-order valence-electron chi connectivity index (χ0n) is 18.6. The first-order valence-electron chi connectivity index (χ1n) is 10.9. The minimum atomic E-state index is -0.875. The second kappa shape index (κ2) is 10.0. The van der Waals surface area contributed by atoms with Crippen molar-refractivity contribution in [3.63, 3.8) is 0 Å². The summed E-state index contributed by atoms with van der Waals surface area (Å²) in [6.07, 6.45) is 6.23. The van der Waals surface area contributed by atoms with Gasteiger partial charge in [-0.2, -0.15) is 0 Å². The number of aromatic hydroxyl groups is 1. The van der Waals surface area contributed by atoms with Gasteiger partial charge in [0.05, 0.1) is 18.2 Å². The number of aliphatic hydroxyl groups excluding tert-OH is 1. The molecule has 0 bridgehead atoms. The van der Waals surface area contributed by atoms with Crippen LogP contribution in [0, 0.1) is 0 Å². The molecule has 0 radical (unpaired) electrons. The molecule has 3 aromatic rings. The highest BCUT2D eigenvalue weighted by molar-refractivity contribution is 6.14. The molecule has 1 amide bonds. The van der Waals surface area contributed by atoms with Gasteiger partial charge in [-0.05, 0) is 47.9 Å². The van der Waals surface area contributed by atoms with Gasteiger partial charge in [0.15, 0.2) is 23.0 Å². The van der Waals surface area contributed by atoms with Crippen molar-refractivity contribution in [2.75, 3.05) is 6.61 Å². The molecule has 2 N–H and O–H groups in total. The van der Waals surface area contributed by atoms with E-state index in [1.165, 1.54) is 17.0 Å². The van der Waals surface area contributed by atoms with Crippen LogP contribution in [0.4, 0.5) is 0 Å². The molecule has 2 aromatic carbocycles. The second-order valence-corrected chi connectivity index (χ2v) is 7.73. The number of nitrogens with zero attached hydrogens (tertiary/aromatic N) is 2. The monoisotopic (exact) mass is 456 g/mol. The van der Waals surface area contributed by atoms with Gasteiger partial charge >= 0.3 is 0 Å². The van der Waals surface area contributed by atoms with E-state index in [2.05, 4.69) is 4.98 Å². The molecule has 0 aliphatic carbocycles. The highest BCUT2D eigenvalue weighted by Crippen LogP contribution is 2.41. The molecule has 1 aromatic heterocycles. The van der Waals surface area contributed by atoms with E-state index < -0.39 is 23.5 Å². The molecule has 7 nitrogen and oxygen atoms in total. The van der Waals surface area contributed by atoms with E-state index in [9.17, 15) is 19.8 Å². The number of ketones is 1. The molecule has 7 heteroatoms. The number of pyridine rings is 1. The number of benzene rings is 2. The summed E-state index contributed by atoms with van der Waals surface area (Å²) in [6.45, 7) is 2.24. The van der Waals surface area contributed by atoms with Crippen molar-refractivity contribution >= 4 is 17.8 Å². The van der Waals surface area contributed by atoms with Crippen LogP contribution < -0.4 is 4.74 Å². The molecule has 0 fully saturated rings. The molecule has 1 aliphatic rings. The SMILES string of the molecule is CCOc1cc(C2C(C(=O)/C=C/c3ccccc3)=C(O)C(=O)N2Cc2cccnc2)ccc1O. The van der Waals surface area contributed by atoms with Gasteiger partial charge in [0.25, 0.3) is 5.91 Å². The number of aromatic nitrogens is 1. The second-order valence-electron chi connectivity index (χ2n) is 7.73. The third-order valence-corrected chi connectivity index (χ3v) is 5.47. The van der Waals surface area contributed by atoms with Crippen molar-refractivity contribution in [3.8, 4) is 11.5 Å². The maximum absolute atomic E-state index is 13.3. The van der Waals surface area contributed by atoms with Crippen molar-refractivity contribution in [2.45, 2.75) is 19.5 Å². The lowest BCUT2D eigenvalue weighted by Gasteiger charge is -2.27. The van der Waals surface area contributed by atoms with Crippen molar-refractivity contribution in [2.24, 2.45) is 0 Å². The molecule has 4 rings (SSSR count). The molecular weight excluding hydrogens is 432 g/mol. The number of ether oxygens (including phenoxy) is 1. The Labute approximate surface area is 197 Å². The number of carbonyl (C=O) groups is 2. The van der Waals surface area contributed by atoms with Crippen LogP contribution in [0.1, 0.15) is 29.7 Å². The molecule has 0 saturated carbocycles. The summed E-state index contributed by atoms with van der Waals surface area (Å²) in [7, 11) is 0. The van der Waals surface area contributed by atoms with Crippen LogP contribution in [0.25, 0.3) is 6.08 Å². The summed E-state index contributed by atoms with van der Waals surface area (Å²) < 4.78 is 5.50. The first kappa shape index (κ1) is 22.8. The van der Waals surface area contributed by atoms with Gasteiger partial charge in [-0.3, -0.25) is 14.6 Å². The van der Waals surface area contributed by atoms with Crippen LogP contribution in [-0.4, -0.2) is 38.4 Å². The van der Waals surface area contributed by atoms with Gasteiger partial charge in [-0.15, -0.1) is 0 Å². The fraction of sp³-hybridized carbons (Fsp3) is 0.148. The first-order valence-corrected chi connectivity index (χ1v) is 10.9. The molecule has 172 valence electrons. The Bertz CT molecular complexity index is 1250. The molecule has 1 aliphatic heterocycles. The fourth-order valence-corrected chi connectivity index (χ4v) is 3.90. The number of aliphatic hydroxyl groups is 1. The van der Waals surface area contributed by atoms with Crippen LogP contribution in [0.3, 0.4) is 0 Å². The smallest absolute Gasteiger partial charge is 0.290 e. The molecule has 2 heterocycles. The average molecular weight is 456 g/mol. The summed E-state index contributed by atoms with van der Waals surface area (Å²) in [6, 6.07) is 16.6. The molecule has 34 heavy (non-hydrogen) atoms. The van der Waals surface area contributed by atoms with Gasteiger partial charge in [0, 0.05) is 18.9 Å². The highest BCUT2D eigenvalue weighted by Gasteiger charge is 2.43. The number of rotatable bonds is 8. The van der Waals surface area contributed by atoms with Gasteiger partial charge in [0.1, 0.15) is 0 Å². The quantitative estimate of drug-likeness (QED) is 0.489. The van der Waals surface area contributed by atoms with Crippen molar-refractivity contribution in [3.05, 3.63) is 107 Å². The van der Waals surface area contributed by atoms with E-state index in [1.54, 1.807) is 43.6 Å². The van der Waals surface area contributed by atoms with E-state index in [1.807, 2.05) is 36.4 Å². The Balaban J connectivity index is 1.76. The summed E-state index contributed by atoms with van der Waals surface area (Å²) in [5, 5.41) is 20.9. The van der Waals surface area contributed by atoms with Crippen LogP contribution in [0.5, 0.6) is 11.5 Å². The van der Waals surface area contributed by atoms with Gasteiger partial charge in [-0.25, -0.2) is 0 Å². The van der Waals surface area contributed by atoms with Gasteiger partial charge < -0.3 is 19.8 Å². The standard InChI is InChI=1S/C27H24N2O5/c1-2-34-23-15-20(11-13-21(23)30)25-24(22(31)12-10-18-7-4-3-5-8-18)26(32)27(33)29(25)17-19-9-6-14-28-16-19/h3-16,25,30,32H,2,17H2,1H3/b12-10+. The topological polar surface area (TPSA) is 100.0 Å². The molecule has 1 atom stereocenters. The maximum atomic E-state index is 13.3. The van der Waals surface area contributed by atoms with Crippen LogP contribution in [-0.2, 0) is 16.1 Å². The number of phenolic OH excluding ortho intramolecular Hbond substituents is 1. The van der Waals surface area contributed by atoms with Crippen molar-refractivity contribution in [1.29, 1.82) is 0 Å². The summed E-state index contributed by atoms with van der Waals surface area (Å²) in [4.78, 5) is 31.9. The van der Waals surface area contributed by atoms with E-state index in [4.69, 9.17) is 4.74 Å². The zero-order valence-corrected chi connectivity index (χ0v) is 18.6. The third kappa shape index (κ3) is 4.68. The van der Waals surface area contributed by atoms with Crippen molar-refractivity contribution in [1.82, 2.24) is 9.88 Å². The van der Waals surface area contributed by atoms with E-state index >= 15 is 0 Å². The Morgan fingerprint density at radius 1 is 1.12 bits per heavy atom. The lowest BCUT2D eigenvalue weighted by atomic mass is 9.95. The number of allylic oxidation sites excluding steroid dienone is 1. The summed E-state index contributed by atoms with van der Waals surface area (Å²) in [5.41, 5.74) is 2.05. The van der Waals surface area contributed by atoms with E-state index in [0.717, 1.165) is 11.1 Å².